The van der Waals surface area contributed by atoms with Crippen LogP contribution >= 0.6 is 0 Å². The van der Waals surface area contributed by atoms with Gasteiger partial charge in [-0.2, -0.15) is 13.2 Å². The summed E-state index contributed by atoms with van der Waals surface area (Å²) in [5, 5.41) is 22.1. The van der Waals surface area contributed by atoms with Crippen molar-refractivity contribution in [2.75, 3.05) is 6.54 Å². The summed E-state index contributed by atoms with van der Waals surface area (Å²) in [4.78, 5) is 10.9. The molecule has 0 bridgehead atoms. The molecule has 1 aliphatic carbocycles. The van der Waals surface area contributed by atoms with E-state index in [1.807, 2.05) is 0 Å². The minimum Gasteiger partial charge on any atom is -0.388 e. The van der Waals surface area contributed by atoms with Crippen LogP contribution < -0.4 is 5.32 Å². The van der Waals surface area contributed by atoms with Crippen molar-refractivity contribution in [3.63, 3.8) is 0 Å². The van der Waals surface area contributed by atoms with E-state index in [9.17, 15) is 28.2 Å². The number of alkyl halides is 3. The van der Waals surface area contributed by atoms with Crippen LogP contribution in [0.2, 0.25) is 0 Å². The van der Waals surface area contributed by atoms with E-state index in [4.69, 9.17) is 2.74 Å². The molecule has 1 atom stereocenters. The smallest absolute Gasteiger partial charge is 0.388 e. The van der Waals surface area contributed by atoms with Gasteiger partial charge in [0.1, 0.15) is 5.60 Å². The molecular weight excluding hydrogens is 347 g/mol. The Labute approximate surface area is 153 Å². The van der Waals surface area contributed by atoms with Gasteiger partial charge in [0, 0.05) is 14.8 Å². The van der Waals surface area contributed by atoms with E-state index in [-0.39, 0.29) is 5.56 Å². The van der Waals surface area contributed by atoms with E-state index >= 15 is 0 Å². The maximum absolute atomic E-state index is 12.2. The van der Waals surface area contributed by atoms with Gasteiger partial charge in [-0.1, -0.05) is 30.4 Å². The lowest BCUT2D eigenvalue weighted by Crippen LogP contribution is -2.37. The number of benzene rings is 1. The zero-order valence-electron chi connectivity index (χ0n) is 16.1. The van der Waals surface area contributed by atoms with E-state index < -0.39 is 36.7 Å². The highest BCUT2D eigenvalue weighted by Crippen LogP contribution is 2.27. The molecule has 7 heteroatoms. The zero-order valence-corrected chi connectivity index (χ0v) is 14.1. The first-order valence-electron chi connectivity index (χ1n) is 9.32. The van der Waals surface area contributed by atoms with Gasteiger partial charge in [-0.3, -0.25) is 4.79 Å². The van der Waals surface area contributed by atoms with Crippen molar-refractivity contribution in [2.45, 2.75) is 56.4 Å². The van der Waals surface area contributed by atoms with Crippen LogP contribution in [-0.4, -0.2) is 34.4 Å². The van der Waals surface area contributed by atoms with Crippen LogP contribution in [0.3, 0.4) is 0 Å². The standard InChI is InChI=1S/C19H22F3NO3/c20-19(21,22)17(25)23-12-8-16(24)15-6-4-5-14(13-15)7-11-18(26)9-2-1-3-10-18/h4-6,13,16,24,26H,1-3,8-10,12H2,(H,23,25)/i8D2. The lowest BCUT2D eigenvalue weighted by Gasteiger charge is -2.26. The number of amides is 1. The Balaban J connectivity index is 2.10. The molecule has 2 rings (SSSR count). The van der Waals surface area contributed by atoms with Crippen LogP contribution in [0.5, 0.6) is 0 Å². The summed E-state index contributed by atoms with van der Waals surface area (Å²) in [6.45, 7) is -1.01. The first-order chi connectivity index (χ1) is 12.9. The predicted molar refractivity (Wildman–Crippen MR) is 90.0 cm³/mol. The molecule has 1 unspecified atom stereocenters. The fraction of sp³-hybridized carbons (Fsp3) is 0.526. The monoisotopic (exact) mass is 371 g/mol. The zero-order chi connectivity index (χ0) is 21.0. The number of aliphatic hydroxyl groups is 2. The van der Waals surface area contributed by atoms with Gasteiger partial charge in [0.2, 0.25) is 0 Å². The van der Waals surface area contributed by atoms with Crippen LogP contribution in [0.25, 0.3) is 0 Å². The molecule has 26 heavy (non-hydrogen) atoms. The molecule has 142 valence electrons. The maximum atomic E-state index is 12.2. The van der Waals surface area contributed by atoms with E-state index in [1.165, 1.54) is 23.5 Å². The lowest BCUT2D eigenvalue weighted by atomic mass is 9.85. The van der Waals surface area contributed by atoms with Crippen LogP contribution in [0.15, 0.2) is 24.3 Å². The van der Waals surface area contributed by atoms with Gasteiger partial charge in [-0.05, 0) is 49.8 Å². The third-order valence-corrected chi connectivity index (χ3v) is 4.12. The second-order valence-electron chi connectivity index (χ2n) is 6.25. The molecule has 3 N–H and O–H groups in total. The molecule has 1 amide bonds. The number of nitrogens with one attached hydrogen (secondary N) is 1. The van der Waals surface area contributed by atoms with Crippen molar-refractivity contribution < 1.29 is 30.9 Å². The fourth-order valence-corrected chi connectivity index (χ4v) is 2.68. The highest BCUT2D eigenvalue weighted by atomic mass is 19.4. The Kier molecular flexibility index (Phi) is 5.72. The Morgan fingerprint density at radius 3 is 2.69 bits per heavy atom. The molecule has 0 saturated heterocycles. The Morgan fingerprint density at radius 1 is 1.35 bits per heavy atom. The molecule has 0 aromatic heterocycles. The Bertz CT molecular complexity index is 766. The topological polar surface area (TPSA) is 69.6 Å². The summed E-state index contributed by atoms with van der Waals surface area (Å²) in [5.41, 5.74) is -0.525. The van der Waals surface area contributed by atoms with Gasteiger partial charge < -0.3 is 15.5 Å². The summed E-state index contributed by atoms with van der Waals surface area (Å²) in [5.74, 6) is 3.37. The largest absolute Gasteiger partial charge is 0.471 e. The number of rotatable bonds is 4. The van der Waals surface area contributed by atoms with Crippen LogP contribution in [0, 0.1) is 11.8 Å². The van der Waals surface area contributed by atoms with Gasteiger partial charge in [-0.15, -0.1) is 0 Å². The van der Waals surface area contributed by atoms with Crippen LogP contribution in [0.1, 0.15) is 58.4 Å². The Morgan fingerprint density at radius 2 is 2.04 bits per heavy atom. The van der Waals surface area contributed by atoms with Gasteiger partial charge in [0.15, 0.2) is 0 Å². The molecular formula is C19H22F3NO3. The van der Waals surface area contributed by atoms with Crippen molar-refractivity contribution in [1.29, 1.82) is 0 Å². The van der Waals surface area contributed by atoms with Crippen LogP contribution in [0.4, 0.5) is 13.2 Å². The summed E-state index contributed by atoms with van der Waals surface area (Å²) >= 11 is 0. The van der Waals surface area contributed by atoms with Gasteiger partial charge >= 0.3 is 12.1 Å². The molecule has 0 spiro atoms. The summed E-state index contributed by atoms with van der Waals surface area (Å²) in [6, 6.07) is 5.97. The van der Waals surface area contributed by atoms with E-state index in [2.05, 4.69) is 11.8 Å². The van der Waals surface area contributed by atoms with Crippen molar-refractivity contribution in [1.82, 2.24) is 5.32 Å². The number of hydrogen-bond acceptors (Lipinski definition) is 3. The minimum absolute atomic E-state index is 0.105. The second kappa shape index (κ2) is 8.56. The minimum atomic E-state index is -5.13. The van der Waals surface area contributed by atoms with E-state index in [1.54, 1.807) is 6.07 Å². The predicted octanol–water partition coefficient (Wildman–Crippen LogP) is 2.84. The average Bonchev–Trinajstić information content (AvgIpc) is 2.64. The van der Waals surface area contributed by atoms with Crippen molar-refractivity contribution in [2.24, 2.45) is 0 Å². The number of carbonyl (C=O) groups excluding carboxylic acids is 1. The Hall–Kier alpha value is -2.04. The molecule has 1 saturated carbocycles. The second-order valence-corrected chi connectivity index (χ2v) is 6.25. The fourth-order valence-electron chi connectivity index (χ4n) is 2.68. The summed E-state index contributed by atoms with van der Waals surface area (Å²) in [7, 11) is 0. The lowest BCUT2D eigenvalue weighted by molar-refractivity contribution is -0.173. The van der Waals surface area contributed by atoms with Gasteiger partial charge in [0.05, 0.1) is 6.10 Å². The average molecular weight is 371 g/mol. The first kappa shape index (κ1) is 17.4. The number of aliphatic hydroxyl groups excluding tert-OH is 1. The highest BCUT2D eigenvalue weighted by Gasteiger charge is 2.38. The molecule has 1 aromatic carbocycles. The number of carbonyl (C=O) groups is 1. The van der Waals surface area contributed by atoms with Crippen molar-refractivity contribution >= 4 is 5.91 Å². The highest BCUT2D eigenvalue weighted by molar-refractivity contribution is 5.81. The van der Waals surface area contributed by atoms with E-state index in [0.29, 0.717) is 18.4 Å². The van der Waals surface area contributed by atoms with Crippen molar-refractivity contribution in [3.05, 3.63) is 35.4 Å². The first-order valence-corrected chi connectivity index (χ1v) is 8.32. The molecule has 1 fully saturated rings. The summed E-state index contributed by atoms with van der Waals surface area (Å²) < 4.78 is 52.3. The SMILES string of the molecule is [2H]C([2H])(CNC(=O)C(F)(F)F)C(O)c1cccc(C#CC2(O)CCCCC2)c1. The van der Waals surface area contributed by atoms with Gasteiger partial charge in [-0.25, -0.2) is 0 Å². The molecule has 0 heterocycles. The number of hydrogen-bond donors (Lipinski definition) is 3. The van der Waals surface area contributed by atoms with Crippen molar-refractivity contribution in [3.8, 4) is 11.8 Å². The third kappa shape index (κ3) is 6.04. The normalized spacial score (nSPS) is 19.4. The summed E-state index contributed by atoms with van der Waals surface area (Å²) in [6.07, 6.45) is -5.48. The van der Waals surface area contributed by atoms with Crippen LogP contribution in [-0.2, 0) is 4.79 Å². The van der Waals surface area contributed by atoms with Gasteiger partial charge in [0.25, 0.3) is 0 Å². The quantitative estimate of drug-likeness (QED) is 0.713. The molecule has 0 radical (unpaired) electrons. The molecule has 0 aliphatic heterocycles. The van der Waals surface area contributed by atoms with E-state index in [0.717, 1.165) is 19.3 Å². The molecule has 4 nitrogen and oxygen atoms in total. The molecule has 1 aliphatic rings. The third-order valence-electron chi connectivity index (χ3n) is 4.12. The molecule has 1 aromatic rings. The number of halogens is 3. The maximum Gasteiger partial charge on any atom is 0.471 e.